The fraction of sp³-hybridized carbons (Fsp3) is 1.00. The van der Waals surface area contributed by atoms with Crippen LogP contribution in [-0.4, -0.2) is 43.1 Å². The van der Waals surface area contributed by atoms with E-state index in [9.17, 15) is 4.57 Å². The lowest BCUT2D eigenvalue weighted by Crippen LogP contribution is -2.19. The summed E-state index contributed by atoms with van der Waals surface area (Å²) in [4.78, 5) is 0. The van der Waals surface area contributed by atoms with E-state index in [2.05, 4.69) is 8.50 Å². The summed E-state index contributed by atoms with van der Waals surface area (Å²) in [7, 11) is 4.22. The van der Waals surface area contributed by atoms with Crippen LogP contribution in [0.3, 0.4) is 0 Å². The van der Waals surface area contributed by atoms with E-state index in [1.54, 1.807) is 37.5 Å². The molecule has 0 rings (SSSR count). The molecule has 0 radical (unpaired) electrons. The van der Waals surface area contributed by atoms with Gasteiger partial charge in [-0.1, -0.05) is 0 Å². The third-order valence-corrected chi connectivity index (χ3v) is 5.36. The van der Waals surface area contributed by atoms with Crippen molar-refractivity contribution in [1.29, 1.82) is 0 Å². The molecule has 0 unspecified atom stereocenters. The molecule has 0 aromatic carbocycles. The predicted molar refractivity (Wildman–Crippen MR) is 67.0 cm³/mol. The van der Waals surface area contributed by atoms with Gasteiger partial charge in [-0.25, -0.2) is 13.7 Å². The summed E-state index contributed by atoms with van der Waals surface area (Å²) in [5, 5.41) is 0. The first-order valence-corrected chi connectivity index (χ1v) is 6.96. The van der Waals surface area contributed by atoms with E-state index in [-0.39, 0.29) is 5.54 Å². The second-order valence-corrected chi connectivity index (χ2v) is 8.26. The molecule has 0 aliphatic rings. The zero-order valence-electron chi connectivity index (χ0n) is 10.6. The van der Waals surface area contributed by atoms with Gasteiger partial charge < -0.3 is 0 Å². The van der Waals surface area contributed by atoms with Crippen molar-refractivity contribution in [2.45, 2.75) is 26.3 Å². The Morgan fingerprint density at radius 3 is 1.73 bits per heavy atom. The molecule has 0 amide bonds. The standard InChI is InChI=1S/C8H21N4OPS/c1-8(2,3)9-15-10-14(13,11(4)5)12(6)7/h1-7H3. The lowest BCUT2D eigenvalue weighted by atomic mass is 10.1. The first-order chi connectivity index (χ1) is 6.59. The minimum absolute atomic E-state index is 0.169. The van der Waals surface area contributed by atoms with E-state index in [0.717, 1.165) is 11.4 Å². The normalized spacial score (nSPS) is 13.1. The first-order valence-electron chi connectivity index (χ1n) is 4.66. The molecule has 7 heteroatoms. The lowest BCUT2D eigenvalue weighted by molar-refractivity contribution is 0.450. The first kappa shape index (κ1) is 15.0. The van der Waals surface area contributed by atoms with Gasteiger partial charge in [-0.05, 0) is 49.0 Å². The maximum atomic E-state index is 12.3. The average Bonchev–Trinajstić information content (AvgIpc) is 2.00. The Morgan fingerprint density at radius 1 is 1.07 bits per heavy atom. The van der Waals surface area contributed by atoms with Crippen LogP contribution < -0.4 is 0 Å². The van der Waals surface area contributed by atoms with Crippen LogP contribution in [0.5, 0.6) is 0 Å². The van der Waals surface area contributed by atoms with Gasteiger partial charge in [0.05, 0.1) is 16.9 Å². The fourth-order valence-corrected chi connectivity index (χ4v) is 3.35. The SMILES string of the molecule is CN(C)P(=O)(N=S=NC(C)(C)C)N(C)C. The molecule has 0 bridgehead atoms. The Hall–Kier alpha value is -0.0300. The van der Waals surface area contributed by atoms with Crippen molar-refractivity contribution in [3.8, 4) is 0 Å². The Balaban J connectivity index is 5.04. The number of rotatable bonds is 3. The maximum Gasteiger partial charge on any atom is 0.339 e. The smallest absolute Gasteiger partial charge is 0.261 e. The molecule has 5 nitrogen and oxygen atoms in total. The molecule has 0 N–H and O–H groups in total. The van der Waals surface area contributed by atoms with E-state index < -0.39 is 7.59 Å². The topological polar surface area (TPSA) is 48.3 Å². The summed E-state index contributed by atoms with van der Waals surface area (Å²) < 4.78 is 23.9. The Morgan fingerprint density at radius 2 is 1.47 bits per heavy atom. The highest BCUT2D eigenvalue weighted by Crippen LogP contribution is 2.50. The molecular weight excluding hydrogens is 231 g/mol. The van der Waals surface area contributed by atoms with Crippen molar-refractivity contribution in [2.24, 2.45) is 8.50 Å². The Bertz CT molecular complexity index is 303. The van der Waals surface area contributed by atoms with E-state index >= 15 is 0 Å². The predicted octanol–water partition coefficient (Wildman–Crippen LogP) is 2.47. The molecule has 15 heavy (non-hydrogen) atoms. The summed E-state index contributed by atoms with van der Waals surface area (Å²) >= 11 is 1.03. The summed E-state index contributed by atoms with van der Waals surface area (Å²) in [6, 6.07) is 0. The quantitative estimate of drug-likeness (QED) is 0.725. The molecule has 0 fully saturated rings. The van der Waals surface area contributed by atoms with Gasteiger partial charge in [-0.3, -0.25) is 4.57 Å². The van der Waals surface area contributed by atoms with Crippen LogP contribution in [-0.2, 0) is 15.9 Å². The Labute approximate surface area is 96.3 Å². The Kier molecular flexibility index (Phi) is 5.33. The van der Waals surface area contributed by atoms with Gasteiger partial charge in [0.1, 0.15) is 0 Å². The molecule has 90 valence electrons. The van der Waals surface area contributed by atoms with Crippen LogP contribution in [0.25, 0.3) is 0 Å². The van der Waals surface area contributed by atoms with Crippen molar-refractivity contribution in [1.82, 2.24) is 9.34 Å². The second kappa shape index (κ2) is 5.34. The molecule has 0 spiro atoms. The molecule has 0 heterocycles. The molecule has 0 aliphatic carbocycles. The molecule has 0 aliphatic heterocycles. The van der Waals surface area contributed by atoms with Crippen molar-refractivity contribution in [3.63, 3.8) is 0 Å². The number of hydrogen-bond donors (Lipinski definition) is 0. The fourth-order valence-electron chi connectivity index (χ4n) is 0.692. The lowest BCUT2D eigenvalue weighted by Gasteiger charge is -2.24. The van der Waals surface area contributed by atoms with Crippen molar-refractivity contribution < 1.29 is 4.57 Å². The van der Waals surface area contributed by atoms with Gasteiger partial charge in [0.15, 0.2) is 0 Å². The minimum atomic E-state index is -2.79. The summed E-state index contributed by atoms with van der Waals surface area (Å²) in [6.07, 6.45) is 0. The van der Waals surface area contributed by atoms with E-state index in [4.69, 9.17) is 0 Å². The second-order valence-electron chi connectivity index (χ2n) is 4.63. The largest absolute Gasteiger partial charge is 0.339 e. The zero-order chi connectivity index (χ0) is 12.3. The molecule has 0 saturated carbocycles. The van der Waals surface area contributed by atoms with Gasteiger partial charge in [0, 0.05) is 0 Å². The monoisotopic (exact) mass is 252 g/mol. The van der Waals surface area contributed by atoms with Crippen LogP contribution >= 0.6 is 7.59 Å². The summed E-state index contributed by atoms with van der Waals surface area (Å²) in [5.41, 5.74) is -0.169. The highest BCUT2D eigenvalue weighted by atomic mass is 32.1. The van der Waals surface area contributed by atoms with Crippen molar-refractivity contribution in [3.05, 3.63) is 0 Å². The van der Waals surface area contributed by atoms with Crippen molar-refractivity contribution in [2.75, 3.05) is 28.2 Å². The summed E-state index contributed by atoms with van der Waals surface area (Å²) in [5.74, 6) is 0. The third kappa shape index (κ3) is 5.02. The van der Waals surface area contributed by atoms with Gasteiger partial charge in [-0.15, -0.1) is 4.13 Å². The molecule has 0 saturated heterocycles. The van der Waals surface area contributed by atoms with Crippen LogP contribution in [0.2, 0.25) is 0 Å². The third-order valence-electron chi connectivity index (χ3n) is 1.50. The zero-order valence-corrected chi connectivity index (χ0v) is 12.3. The van der Waals surface area contributed by atoms with E-state index in [0.29, 0.717) is 0 Å². The number of nitrogens with zero attached hydrogens (tertiary/aromatic N) is 4. The van der Waals surface area contributed by atoms with Gasteiger partial charge in [-0.2, -0.15) is 0 Å². The van der Waals surface area contributed by atoms with Crippen LogP contribution in [0.15, 0.2) is 8.50 Å². The van der Waals surface area contributed by atoms with Crippen LogP contribution in [0, 0.1) is 0 Å². The average molecular weight is 252 g/mol. The van der Waals surface area contributed by atoms with Gasteiger partial charge in [0.2, 0.25) is 0 Å². The molecule has 0 aromatic heterocycles. The van der Waals surface area contributed by atoms with Crippen molar-refractivity contribution >= 4 is 18.9 Å². The highest BCUT2D eigenvalue weighted by Gasteiger charge is 2.26. The number of hydrogen-bond acceptors (Lipinski definition) is 2. The molecule has 0 aromatic rings. The van der Waals surface area contributed by atoms with Gasteiger partial charge in [0.25, 0.3) is 0 Å². The molecule has 0 atom stereocenters. The van der Waals surface area contributed by atoms with Crippen LogP contribution in [0.1, 0.15) is 20.8 Å². The van der Waals surface area contributed by atoms with Gasteiger partial charge >= 0.3 is 7.59 Å². The summed E-state index contributed by atoms with van der Waals surface area (Å²) in [6.45, 7) is 5.93. The van der Waals surface area contributed by atoms with E-state index in [1.165, 1.54) is 0 Å². The van der Waals surface area contributed by atoms with E-state index in [1.807, 2.05) is 20.8 Å². The van der Waals surface area contributed by atoms with Crippen LogP contribution in [0.4, 0.5) is 0 Å². The highest BCUT2D eigenvalue weighted by molar-refractivity contribution is 7.69. The minimum Gasteiger partial charge on any atom is -0.261 e. The molecular formula is C8H21N4OPS. The maximum absolute atomic E-state index is 12.3.